The second-order valence-corrected chi connectivity index (χ2v) is 5.79. The van der Waals surface area contributed by atoms with E-state index in [4.69, 9.17) is 5.73 Å². The molecule has 2 N–H and O–H groups in total. The fourth-order valence-electron chi connectivity index (χ4n) is 2.64. The van der Waals surface area contributed by atoms with E-state index in [2.05, 4.69) is 18.7 Å². The minimum atomic E-state index is -0.307. The average Bonchev–Trinajstić information content (AvgIpc) is 2.23. The van der Waals surface area contributed by atoms with Crippen LogP contribution in [0.3, 0.4) is 0 Å². The number of nitrogens with two attached hydrogens (primary N) is 1. The van der Waals surface area contributed by atoms with E-state index in [0.29, 0.717) is 11.1 Å². The highest BCUT2D eigenvalue weighted by atomic mass is 19.1. The maximum Gasteiger partial charge on any atom is 0.146 e. The number of likely N-dealkylation sites (tertiary alicyclic amines) is 1. The molecule has 0 bridgehead atoms. The molecule has 0 saturated carbocycles. The summed E-state index contributed by atoms with van der Waals surface area (Å²) in [7, 11) is 0. The van der Waals surface area contributed by atoms with Gasteiger partial charge in [0.15, 0.2) is 0 Å². The van der Waals surface area contributed by atoms with E-state index in [1.807, 2.05) is 6.07 Å². The van der Waals surface area contributed by atoms with Gasteiger partial charge in [0.05, 0.1) is 5.69 Å². The van der Waals surface area contributed by atoms with Crippen molar-refractivity contribution in [3.05, 3.63) is 29.6 Å². The molecule has 94 valence electrons. The van der Waals surface area contributed by atoms with Gasteiger partial charge in [0.1, 0.15) is 5.82 Å². The van der Waals surface area contributed by atoms with Gasteiger partial charge in [0.2, 0.25) is 0 Å². The van der Waals surface area contributed by atoms with Crippen molar-refractivity contribution in [3.8, 4) is 0 Å². The third-order valence-electron chi connectivity index (χ3n) is 3.52. The van der Waals surface area contributed by atoms with E-state index in [1.54, 1.807) is 6.07 Å². The number of nitrogen functional groups attached to an aromatic ring is 1. The number of benzene rings is 1. The Morgan fingerprint density at radius 2 is 2.18 bits per heavy atom. The molecule has 0 aliphatic carbocycles. The molecule has 0 atom stereocenters. The monoisotopic (exact) mass is 236 g/mol. The quantitative estimate of drug-likeness (QED) is 0.800. The maximum absolute atomic E-state index is 13.3. The van der Waals surface area contributed by atoms with Crippen LogP contribution in [0.25, 0.3) is 0 Å². The maximum atomic E-state index is 13.3. The van der Waals surface area contributed by atoms with Crippen molar-refractivity contribution >= 4 is 5.69 Å². The lowest BCUT2D eigenvalue weighted by atomic mass is 9.84. The minimum Gasteiger partial charge on any atom is -0.396 e. The second-order valence-electron chi connectivity index (χ2n) is 5.79. The van der Waals surface area contributed by atoms with Crippen LogP contribution in [0.1, 0.15) is 32.3 Å². The van der Waals surface area contributed by atoms with E-state index in [9.17, 15) is 4.39 Å². The molecule has 1 heterocycles. The summed E-state index contributed by atoms with van der Waals surface area (Å²) in [6.45, 7) is 7.47. The highest BCUT2D eigenvalue weighted by Crippen LogP contribution is 2.30. The molecular weight excluding hydrogens is 215 g/mol. The first-order valence-corrected chi connectivity index (χ1v) is 6.23. The van der Waals surface area contributed by atoms with Crippen molar-refractivity contribution in [2.75, 3.05) is 18.8 Å². The molecule has 1 saturated heterocycles. The van der Waals surface area contributed by atoms with Crippen LogP contribution in [0.4, 0.5) is 10.1 Å². The molecule has 1 aliphatic rings. The number of rotatable bonds is 2. The molecule has 1 aromatic carbocycles. The van der Waals surface area contributed by atoms with Gasteiger partial charge >= 0.3 is 0 Å². The molecule has 0 spiro atoms. The average molecular weight is 236 g/mol. The van der Waals surface area contributed by atoms with Gasteiger partial charge in [0.25, 0.3) is 0 Å². The van der Waals surface area contributed by atoms with Crippen LogP contribution < -0.4 is 5.73 Å². The van der Waals surface area contributed by atoms with Crippen LogP contribution in [0.5, 0.6) is 0 Å². The molecule has 2 nitrogen and oxygen atoms in total. The number of halogens is 1. The van der Waals surface area contributed by atoms with Crippen molar-refractivity contribution < 1.29 is 4.39 Å². The highest BCUT2D eigenvalue weighted by molar-refractivity contribution is 5.47. The van der Waals surface area contributed by atoms with Crippen molar-refractivity contribution in [2.45, 2.75) is 33.2 Å². The first kappa shape index (κ1) is 12.4. The minimum absolute atomic E-state index is 0.302. The molecule has 0 amide bonds. The zero-order valence-corrected chi connectivity index (χ0v) is 10.7. The van der Waals surface area contributed by atoms with E-state index in [0.717, 1.165) is 25.2 Å². The summed E-state index contributed by atoms with van der Waals surface area (Å²) in [5.74, 6) is -0.307. The summed E-state index contributed by atoms with van der Waals surface area (Å²) >= 11 is 0. The number of piperidine rings is 1. The molecule has 1 fully saturated rings. The molecule has 3 heteroatoms. The summed E-state index contributed by atoms with van der Waals surface area (Å²) in [6, 6.07) is 5.06. The van der Waals surface area contributed by atoms with Crippen molar-refractivity contribution in [1.29, 1.82) is 0 Å². The van der Waals surface area contributed by atoms with Crippen molar-refractivity contribution in [2.24, 2.45) is 5.41 Å². The molecule has 1 aliphatic heterocycles. The van der Waals surface area contributed by atoms with Gasteiger partial charge in [0, 0.05) is 13.1 Å². The Kier molecular flexibility index (Phi) is 3.38. The van der Waals surface area contributed by atoms with Crippen LogP contribution in [-0.4, -0.2) is 18.0 Å². The summed E-state index contributed by atoms with van der Waals surface area (Å²) in [4.78, 5) is 2.37. The second kappa shape index (κ2) is 4.65. The Morgan fingerprint density at radius 1 is 1.41 bits per heavy atom. The van der Waals surface area contributed by atoms with Crippen LogP contribution in [-0.2, 0) is 6.54 Å². The molecular formula is C14H21FN2. The largest absolute Gasteiger partial charge is 0.396 e. The zero-order chi connectivity index (χ0) is 12.5. The van der Waals surface area contributed by atoms with Crippen LogP contribution in [0.15, 0.2) is 18.2 Å². The first-order valence-electron chi connectivity index (χ1n) is 6.23. The predicted octanol–water partition coefficient (Wildman–Crippen LogP) is 3.03. The van der Waals surface area contributed by atoms with Crippen LogP contribution in [0, 0.1) is 11.2 Å². The Balaban J connectivity index is 2.08. The van der Waals surface area contributed by atoms with Gasteiger partial charge in [-0.3, -0.25) is 4.90 Å². The van der Waals surface area contributed by atoms with Gasteiger partial charge in [-0.2, -0.15) is 0 Å². The smallest absolute Gasteiger partial charge is 0.146 e. The van der Waals surface area contributed by atoms with Crippen LogP contribution in [0.2, 0.25) is 0 Å². The van der Waals surface area contributed by atoms with Crippen molar-refractivity contribution in [3.63, 3.8) is 0 Å². The molecule has 17 heavy (non-hydrogen) atoms. The number of para-hydroxylation sites is 1. The highest BCUT2D eigenvalue weighted by Gasteiger charge is 2.26. The fourth-order valence-corrected chi connectivity index (χ4v) is 2.64. The number of nitrogens with zero attached hydrogens (tertiary/aromatic N) is 1. The van der Waals surface area contributed by atoms with Gasteiger partial charge in [-0.15, -0.1) is 0 Å². The molecule has 1 aromatic rings. The standard InChI is InChI=1S/C14H21FN2/c1-14(2)7-4-8-17(10-14)9-11-5-3-6-12(15)13(11)16/h3,5-6H,4,7-10,16H2,1-2H3. The third-order valence-corrected chi connectivity index (χ3v) is 3.52. The topological polar surface area (TPSA) is 29.3 Å². The molecule has 0 unspecified atom stereocenters. The van der Waals surface area contributed by atoms with Gasteiger partial charge in [-0.05, 0) is 36.4 Å². The lowest BCUT2D eigenvalue weighted by Gasteiger charge is -2.38. The fraction of sp³-hybridized carbons (Fsp3) is 0.571. The number of anilines is 1. The Hall–Kier alpha value is -1.09. The van der Waals surface area contributed by atoms with Gasteiger partial charge in [-0.25, -0.2) is 4.39 Å². The zero-order valence-electron chi connectivity index (χ0n) is 10.7. The Labute approximate surface area is 103 Å². The molecule has 0 aromatic heterocycles. The van der Waals surface area contributed by atoms with Gasteiger partial charge < -0.3 is 5.73 Å². The Morgan fingerprint density at radius 3 is 2.88 bits per heavy atom. The number of hydrogen-bond acceptors (Lipinski definition) is 2. The normalized spacial score (nSPS) is 20.4. The number of hydrogen-bond donors (Lipinski definition) is 1. The van der Waals surface area contributed by atoms with Gasteiger partial charge in [-0.1, -0.05) is 26.0 Å². The lowest BCUT2D eigenvalue weighted by molar-refractivity contribution is 0.112. The summed E-state index contributed by atoms with van der Waals surface area (Å²) in [5, 5.41) is 0. The summed E-state index contributed by atoms with van der Waals surface area (Å²) in [6.07, 6.45) is 2.48. The summed E-state index contributed by atoms with van der Waals surface area (Å²) < 4.78 is 13.3. The third kappa shape index (κ3) is 2.97. The van der Waals surface area contributed by atoms with E-state index < -0.39 is 0 Å². The molecule has 2 rings (SSSR count). The molecule has 0 radical (unpaired) electrons. The predicted molar refractivity (Wildman–Crippen MR) is 69.1 cm³/mol. The van der Waals surface area contributed by atoms with Crippen molar-refractivity contribution in [1.82, 2.24) is 4.90 Å². The summed E-state index contributed by atoms with van der Waals surface area (Å²) in [5.41, 5.74) is 7.33. The van der Waals surface area contributed by atoms with E-state index >= 15 is 0 Å². The lowest BCUT2D eigenvalue weighted by Crippen LogP contribution is -2.39. The SMILES string of the molecule is CC1(C)CCCN(Cc2cccc(F)c2N)C1. The Bertz CT molecular complexity index is 401. The van der Waals surface area contributed by atoms with Crippen LogP contribution >= 0.6 is 0 Å². The first-order chi connectivity index (χ1) is 7.98. The van der Waals surface area contributed by atoms with E-state index in [1.165, 1.54) is 18.9 Å². The van der Waals surface area contributed by atoms with E-state index in [-0.39, 0.29) is 5.82 Å².